The molecule has 2 unspecified atom stereocenters. The summed E-state index contributed by atoms with van der Waals surface area (Å²) < 4.78 is 0. The third-order valence-corrected chi connectivity index (χ3v) is 6.00. The van der Waals surface area contributed by atoms with Crippen molar-refractivity contribution in [2.45, 2.75) is 122 Å². The van der Waals surface area contributed by atoms with Gasteiger partial charge in [0.15, 0.2) is 0 Å². The third kappa shape index (κ3) is 8.56. The van der Waals surface area contributed by atoms with Crippen LogP contribution in [-0.2, 0) is 0 Å². The van der Waals surface area contributed by atoms with Crippen LogP contribution in [0.4, 0.5) is 0 Å². The first-order valence-electron chi connectivity index (χ1n) is 10.7. The molecular formula is C21H41N. The van der Waals surface area contributed by atoms with Gasteiger partial charge in [-0.1, -0.05) is 96.3 Å². The Morgan fingerprint density at radius 2 is 0.955 bits per heavy atom. The lowest BCUT2D eigenvalue weighted by atomic mass is 9.82. The molecule has 0 aromatic carbocycles. The summed E-state index contributed by atoms with van der Waals surface area (Å²) in [6.07, 6.45) is 26.6. The number of fused-ring (bicyclic) bond motifs is 2. The van der Waals surface area contributed by atoms with Crippen LogP contribution in [0.2, 0.25) is 0 Å². The van der Waals surface area contributed by atoms with Crippen molar-refractivity contribution >= 4 is 0 Å². The summed E-state index contributed by atoms with van der Waals surface area (Å²) in [6.45, 7) is 1.28. The van der Waals surface area contributed by atoms with Crippen molar-refractivity contribution in [1.29, 1.82) is 0 Å². The van der Waals surface area contributed by atoms with Crippen LogP contribution in [0.1, 0.15) is 116 Å². The molecule has 22 heavy (non-hydrogen) atoms. The van der Waals surface area contributed by atoms with Crippen LogP contribution in [0.3, 0.4) is 0 Å². The Hall–Kier alpha value is -0.0400. The molecule has 130 valence electrons. The highest BCUT2D eigenvalue weighted by molar-refractivity contribution is 4.78. The van der Waals surface area contributed by atoms with E-state index in [4.69, 9.17) is 0 Å². The van der Waals surface area contributed by atoms with Crippen molar-refractivity contribution in [2.24, 2.45) is 5.92 Å². The highest BCUT2D eigenvalue weighted by atomic mass is 14.9. The molecule has 1 heterocycles. The van der Waals surface area contributed by atoms with Gasteiger partial charge in [-0.2, -0.15) is 0 Å². The van der Waals surface area contributed by atoms with Gasteiger partial charge in [0, 0.05) is 6.04 Å². The number of hydrogen-bond acceptors (Lipinski definition) is 1. The molecule has 1 aliphatic carbocycles. The molecular weight excluding hydrogens is 266 g/mol. The van der Waals surface area contributed by atoms with Crippen molar-refractivity contribution in [1.82, 2.24) is 5.32 Å². The van der Waals surface area contributed by atoms with Gasteiger partial charge in [-0.3, -0.25) is 0 Å². The Morgan fingerprint density at radius 1 is 0.455 bits per heavy atom. The molecule has 2 atom stereocenters. The van der Waals surface area contributed by atoms with Gasteiger partial charge in [0.25, 0.3) is 0 Å². The van der Waals surface area contributed by atoms with Crippen LogP contribution in [0.25, 0.3) is 0 Å². The zero-order valence-electron chi connectivity index (χ0n) is 15.1. The van der Waals surface area contributed by atoms with Crippen molar-refractivity contribution in [3.63, 3.8) is 0 Å². The molecule has 1 N–H and O–H groups in total. The lowest BCUT2D eigenvalue weighted by molar-refractivity contribution is 0.266. The molecule has 2 aliphatic rings. The molecule has 0 amide bonds. The van der Waals surface area contributed by atoms with Gasteiger partial charge in [0.2, 0.25) is 0 Å². The zero-order chi connectivity index (χ0) is 15.3. The van der Waals surface area contributed by atoms with E-state index in [2.05, 4.69) is 5.32 Å². The molecule has 0 aromatic heterocycles. The molecule has 1 saturated heterocycles. The summed E-state index contributed by atoms with van der Waals surface area (Å²) in [5.74, 6) is 1.04. The van der Waals surface area contributed by atoms with E-state index in [-0.39, 0.29) is 0 Å². The van der Waals surface area contributed by atoms with E-state index in [0.717, 1.165) is 12.0 Å². The number of rotatable bonds is 0. The van der Waals surface area contributed by atoms with Crippen LogP contribution in [0.15, 0.2) is 0 Å². The Balaban J connectivity index is 1.65. The van der Waals surface area contributed by atoms with Gasteiger partial charge in [-0.15, -0.1) is 0 Å². The van der Waals surface area contributed by atoms with Crippen LogP contribution < -0.4 is 5.32 Å². The predicted molar refractivity (Wildman–Crippen MR) is 98.4 cm³/mol. The van der Waals surface area contributed by atoms with E-state index >= 15 is 0 Å². The summed E-state index contributed by atoms with van der Waals surface area (Å²) in [5, 5.41) is 3.87. The SMILES string of the molecule is C1CCCCCCCNC2CCCC(CCCCCCC1)C2. The quantitative estimate of drug-likeness (QED) is 0.531. The molecule has 0 radical (unpaired) electrons. The molecule has 1 heteroatoms. The summed E-state index contributed by atoms with van der Waals surface area (Å²) >= 11 is 0. The minimum atomic E-state index is 0.848. The first-order valence-corrected chi connectivity index (χ1v) is 10.7. The van der Waals surface area contributed by atoms with E-state index in [9.17, 15) is 0 Å². The van der Waals surface area contributed by atoms with Gasteiger partial charge in [-0.05, 0) is 31.7 Å². The maximum Gasteiger partial charge on any atom is 0.00697 e. The molecule has 2 bridgehead atoms. The second-order valence-corrected chi connectivity index (χ2v) is 8.07. The second-order valence-electron chi connectivity index (χ2n) is 8.07. The average molecular weight is 308 g/mol. The number of hydrogen-bond donors (Lipinski definition) is 1. The van der Waals surface area contributed by atoms with Gasteiger partial charge in [0.05, 0.1) is 0 Å². The van der Waals surface area contributed by atoms with Crippen molar-refractivity contribution in [3.05, 3.63) is 0 Å². The van der Waals surface area contributed by atoms with Crippen LogP contribution >= 0.6 is 0 Å². The van der Waals surface area contributed by atoms with Gasteiger partial charge >= 0.3 is 0 Å². The minimum Gasteiger partial charge on any atom is -0.314 e. The maximum atomic E-state index is 3.87. The monoisotopic (exact) mass is 307 g/mol. The van der Waals surface area contributed by atoms with E-state index in [1.54, 1.807) is 0 Å². The summed E-state index contributed by atoms with van der Waals surface area (Å²) in [5.41, 5.74) is 0. The Labute approximate surface area is 140 Å². The van der Waals surface area contributed by atoms with Crippen molar-refractivity contribution in [2.75, 3.05) is 6.54 Å². The van der Waals surface area contributed by atoms with E-state index in [1.807, 2.05) is 0 Å². The maximum absolute atomic E-state index is 3.87. The Morgan fingerprint density at radius 3 is 1.59 bits per heavy atom. The Kier molecular flexibility index (Phi) is 10.3. The lowest BCUT2D eigenvalue weighted by Gasteiger charge is -2.30. The summed E-state index contributed by atoms with van der Waals surface area (Å²) in [4.78, 5) is 0. The van der Waals surface area contributed by atoms with Crippen molar-refractivity contribution in [3.8, 4) is 0 Å². The topological polar surface area (TPSA) is 12.0 Å². The fourth-order valence-electron chi connectivity index (χ4n) is 4.55. The normalized spacial score (nSPS) is 31.6. The van der Waals surface area contributed by atoms with Crippen molar-refractivity contribution < 1.29 is 0 Å². The fraction of sp³-hybridized carbons (Fsp3) is 1.00. The molecule has 0 aromatic rings. The van der Waals surface area contributed by atoms with E-state index in [0.29, 0.717) is 0 Å². The Bertz CT molecular complexity index is 226. The molecule has 0 spiro atoms. The van der Waals surface area contributed by atoms with Gasteiger partial charge in [-0.25, -0.2) is 0 Å². The highest BCUT2D eigenvalue weighted by Crippen LogP contribution is 2.29. The molecule has 2 fully saturated rings. The lowest BCUT2D eigenvalue weighted by Crippen LogP contribution is -2.34. The zero-order valence-corrected chi connectivity index (χ0v) is 15.1. The first-order chi connectivity index (χ1) is 10.9. The van der Waals surface area contributed by atoms with Crippen LogP contribution in [-0.4, -0.2) is 12.6 Å². The fourth-order valence-corrected chi connectivity index (χ4v) is 4.55. The van der Waals surface area contributed by atoms with Crippen LogP contribution in [0, 0.1) is 5.92 Å². The smallest absolute Gasteiger partial charge is 0.00697 e. The number of nitrogens with one attached hydrogen (secondary N) is 1. The molecule has 1 saturated carbocycles. The highest BCUT2D eigenvalue weighted by Gasteiger charge is 2.20. The predicted octanol–water partition coefficient (Wildman–Crippen LogP) is 6.61. The second kappa shape index (κ2) is 12.4. The largest absolute Gasteiger partial charge is 0.314 e. The van der Waals surface area contributed by atoms with E-state index < -0.39 is 0 Å². The first kappa shape index (κ1) is 18.3. The molecule has 1 aliphatic heterocycles. The van der Waals surface area contributed by atoms with Crippen LogP contribution in [0.5, 0.6) is 0 Å². The summed E-state index contributed by atoms with van der Waals surface area (Å²) in [7, 11) is 0. The summed E-state index contributed by atoms with van der Waals surface area (Å²) in [6, 6.07) is 0.848. The third-order valence-electron chi connectivity index (χ3n) is 6.00. The van der Waals surface area contributed by atoms with Gasteiger partial charge < -0.3 is 5.32 Å². The molecule has 2 rings (SSSR count). The minimum absolute atomic E-state index is 0.848. The average Bonchev–Trinajstić information content (AvgIpc) is 2.54. The standard InChI is InChI=1S/C21H41N/c1-2-4-6-8-10-12-15-20-16-14-17-21(19-20)22-18-13-11-9-7-5-3-1/h20-22H,1-19H2. The molecule has 1 nitrogen and oxygen atoms in total. The van der Waals surface area contributed by atoms with Gasteiger partial charge in [0.1, 0.15) is 0 Å². The van der Waals surface area contributed by atoms with E-state index in [1.165, 1.54) is 122 Å².